The number of hydrogen-bond donors (Lipinski definition) is 2. The van der Waals surface area contributed by atoms with Crippen LogP contribution in [-0.2, 0) is 24.3 Å². The van der Waals surface area contributed by atoms with Gasteiger partial charge in [0.15, 0.2) is 5.96 Å². The second-order valence-electron chi connectivity index (χ2n) is 7.16. The number of rotatable bonds is 9. The maximum Gasteiger partial charge on any atom is 0.411 e. The highest BCUT2D eigenvalue weighted by molar-refractivity contribution is 14.0. The van der Waals surface area contributed by atoms with Gasteiger partial charge in [0.2, 0.25) is 0 Å². The fourth-order valence-corrected chi connectivity index (χ4v) is 2.98. The molecule has 10 heteroatoms. The lowest BCUT2D eigenvalue weighted by Gasteiger charge is -2.12. The highest BCUT2D eigenvalue weighted by Crippen LogP contribution is 2.16. The van der Waals surface area contributed by atoms with Crippen molar-refractivity contribution < 1.29 is 17.9 Å². The minimum absolute atomic E-state index is 0. The van der Waals surface area contributed by atoms with Gasteiger partial charge in [-0.25, -0.2) is 4.68 Å². The lowest BCUT2D eigenvalue weighted by molar-refractivity contribution is -0.176. The molecule has 1 heterocycles. The van der Waals surface area contributed by atoms with Crippen LogP contribution in [0.2, 0.25) is 0 Å². The van der Waals surface area contributed by atoms with Crippen LogP contribution in [-0.4, -0.2) is 42.1 Å². The summed E-state index contributed by atoms with van der Waals surface area (Å²) in [5, 5.41) is 10.9. The number of ether oxygens (including phenoxy) is 1. The first-order valence-corrected chi connectivity index (χ1v) is 10.2. The maximum absolute atomic E-state index is 12.1. The Balaban J connectivity index is 0.00000385. The quantitative estimate of drug-likeness (QED) is 0.225. The van der Waals surface area contributed by atoms with Gasteiger partial charge < -0.3 is 15.4 Å². The van der Waals surface area contributed by atoms with Crippen molar-refractivity contribution >= 4 is 29.9 Å². The molecule has 0 aliphatic carbocycles. The fraction of sp³-hybridized carbons (Fsp3) is 0.304. The van der Waals surface area contributed by atoms with E-state index in [2.05, 4.69) is 25.5 Å². The summed E-state index contributed by atoms with van der Waals surface area (Å²) >= 11 is 0. The molecule has 178 valence electrons. The summed E-state index contributed by atoms with van der Waals surface area (Å²) in [6.45, 7) is -0.0897. The van der Waals surface area contributed by atoms with E-state index in [-0.39, 0.29) is 30.6 Å². The van der Waals surface area contributed by atoms with Gasteiger partial charge in [0.05, 0.1) is 18.5 Å². The average molecular weight is 573 g/mol. The van der Waals surface area contributed by atoms with E-state index in [9.17, 15) is 13.2 Å². The smallest absolute Gasteiger partial charge is 0.367 e. The SMILES string of the molecule is CN=C(NCCc1cnn(-c2ccccc2)c1)NCc1ccc(COCC(F)(F)F)cc1.I. The number of halogens is 4. The maximum atomic E-state index is 12.1. The fourth-order valence-electron chi connectivity index (χ4n) is 2.98. The highest BCUT2D eigenvalue weighted by Gasteiger charge is 2.27. The Bertz CT molecular complexity index is 991. The first-order chi connectivity index (χ1) is 15.4. The molecule has 0 radical (unpaired) electrons. The Hall–Kier alpha value is -2.60. The molecule has 2 N–H and O–H groups in total. The summed E-state index contributed by atoms with van der Waals surface area (Å²) in [7, 11) is 1.70. The minimum atomic E-state index is -4.31. The summed E-state index contributed by atoms with van der Waals surface area (Å²) in [6.07, 6.45) is 0.341. The van der Waals surface area contributed by atoms with Crippen molar-refractivity contribution in [3.8, 4) is 5.69 Å². The van der Waals surface area contributed by atoms with Crippen molar-refractivity contribution in [3.63, 3.8) is 0 Å². The number of alkyl halides is 3. The molecule has 0 unspecified atom stereocenters. The largest absolute Gasteiger partial charge is 0.411 e. The predicted octanol–water partition coefficient (Wildman–Crippen LogP) is 4.48. The van der Waals surface area contributed by atoms with Gasteiger partial charge in [-0.15, -0.1) is 24.0 Å². The number of hydrogen-bond acceptors (Lipinski definition) is 3. The number of para-hydroxylation sites is 1. The lowest BCUT2D eigenvalue weighted by atomic mass is 10.1. The third kappa shape index (κ3) is 9.42. The molecule has 0 saturated heterocycles. The number of aromatic nitrogens is 2. The van der Waals surface area contributed by atoms with E-state index < -0.39 is 12.8 Å². The molecule has 1 aromatic heterocycles. The Morgan fingerprint density at radius 2 is 1.70 bits per heavy atom. The molecule has 33 heavy (non-hydrogen) atoms. The Morgan fingerprint density at radius 1 is 1.00 bits per heavy atom. The number of nitrogens with one attached hydrogen (secondary N) is 2. The predicted molar refractivity (Wildman–Crippen MR) is 133 cm³/mol. The first-order valence-electron chi connectivity index (χ1n) is 10.2. The van der Waals surface area contributed by atoms with Crippen LogP contribution in [0.15, 0.2) is 72.0 Å². The summed E-state index contributed by atoms with van der Waals surface area (Å²) in [5.41, 5.74) is 3.80. The van der Waals surface area contributed by atoms with Crippen molar-refractivity contribution in [2.75, 3.05) is 20.2 Å². The first kappa shape index (κ1) is 26.7. The van der Waals surface area contributed by atoms with Crippen LogP contribution < -0.4 is 10.6 Å². The molecule has 2 aromatic carbocycles. The molecule has 6 nitrogen and oxygen atoms in total. The lowest BCUT2D eigenvalue weighted by Crippen LogP contribution is -2.37. The van der Waals surface area contributed by atoms with Gasteiger partial charge >= 0.3 is 6.18 Å². The third-order valence-corrected chi connectivity index (χ3v) is 4.60. The van der Waals surface area contributed by atoms with Gasteiger partial charge in [0, 0.05) is 26.3 Å². The van der Waals surface area contributed by atoms with Crippen LogP contribution in [0.1, 0.15) is 16.7 Å². The Labute approximate surface area is 208 Å². The number of guanidine groups is 1. The molecule has 0 fully saturated rings. The second kappa shape index (κ2) is 13.2. The van der Waals surface area contributed by atoms with Crippen molar-refractivity contribution in [1.82, 2.24) is 20.4 Å². The normalized spacial score (nSPS) is 11.7. The molecular formula is C23H27F3IN5O. The second-order valence-corrected chi connectivity index (χ2v) is 7.16. The summed E-state index contributed by atoms with van der Waals surface area (Å²) in [5.74, 6) is 0.665. The van der Waals surface area contributed by atoms with Crippen LogP contribution in [0.4, 0.5) is 13.2 Å². The van der Waals surface area contributed by atoms with Crippen LogP contribution in [0.3, 0.4) is 0 Å². The summed E-state index contributed by atoms with van der Waals surface area (Å²) in [4.78, 5) is 4.22. The zero-order valence-corrected chi connectivity index (χ0v) is 20.5. The van der Waals surface area contributed by atoms with Crippen molar-refractivity contribution in [2.45, 2.75) is 25.7 Å². The molecular weight excluding hydrogens is 546 g/mol. The molecule has 0 amide bonds. The van der Waals surface area contributed by atoms with Gasteiger partial charge in [-0.2, -0.15) is 18.3 Å². The van der Waals surface area contributed by atoms with Gasteiger partial charge in [-0.1, -0.05) is 42.5 Å². The van der Waals surface area contributed by atoms with Crippen LogP contribution in [0, 0.1) is 0 Å². The van der Waals surface area contributed by atoms with E-state index in [0.29, 0.717) is 24.6 Å². The average Bonchev–Trinajstić information content (AvgIpc) is 3.26. The van der Waals surface area contributed by atoms with Gasteiger partial charge in [-0.3, -0.25) is 4.99 Å². The molecule has 3 rings (SSSR count). The van der Waals surface area contributed by atoms with E-state index in [1.54, 1.807) is 19.2 Å². The zero-order valence-electron chi connectivity index (χ0n) is 18.2. The molecule has 0 spiro atoms. The van der Waals surface area contributed by atoms with Crippen molar-refractivity contribution in [2.24, 2.45) is 4.99 Å². The summed E-state index contributed by atoms with van der Waals surface area (Å²) in [6, 6.07) is 17.1. The third-order valence-electron chi connectivity index (χ3n) is 4.60. The number of benzene rings is 2. The van der Waals surface area contributed by atoms with Gasteiger partial charge in [-0.05, 0) is 35.2 Å². The molecule has 0 bridgehead atoms. The van der Waals surface area contributed by atoms with Crippen molar-refractivity contribution in [3.05, 3.63) is 83.7 Å². The van der Waals surface area contributed by atoms with Crippen LogP contribution in [0.5, 0.6) is 0 Å². The zero-order chi connectivity index (χ0) is 22.8. The van der Waals surface area contributed by atoms with E-state index in [1.165, 1.54) is 0 Å². The topological polar surface area (TPSA) is 63.5 Å². The minimum Gasteiger partial charge on any atom is -0.367 e. The van der Waals surface area contributed by atoms with E-state index in [4.69, 9.17) is 0 Å². The molecule has 0 aliphatic heterocycles. The van der Waals surface area contributed by atoms with E-state index in [1.807, 2.05) is 59.5 Å². The molecule has 0 saturated carbocycles. The monoisotopic (exact) mass is 573 g/mol. The molecule has 0 aliphatic rings. The van der Waals surface area contributed by atoms with E-state index in [0.717, 1.165) is 23.2 Å². The van der Waals surface area contributed by atoms with Crippen LogP contribution >= 0.6 is 24.0 Å². The van der Waals surface area contributed by atoms with E-state index >= 15 is 0 Å². The molecule has 3 aromatic rings. The Morgan fingerprint density at radius 3 is 2.36 bits per heavy atom. The standard InChI is InChI=1S/C23H26F3N5O.HI/c1-27-22(28-12-11-20-14-30-31(15-20)21-5-3-2-4-6-21)29-13-18-7-9-19(10-8-18)16-32-17-23(24,25)26;/h2-10,14-15H,11-13,16-17H2,1H3,(H2,27,28,29);1H. The Kier molecular flexibility index (Phi) is 10.7. The van der Waals surface area contributed by atoms with Gasteiger partial charge in [0.25, 0.3) is 0 Å². The molecule has 0 atom stereocenters. The van der Waals surface area contributed by atoms with Crippen LogP contribution in [0.25, 0.3) is 5.69 Å². The van der Waals surface area contributed by atoms with Crippen molar-refractivity contribution in [1.29, 1.82) is 0 Å². The number of nitrogens with zero attached hydrogens (tertiary/aromatic N) is 3. The van der Waals surface area contributed by atoms with Gasteiger partial charge in [0.1, 0.15) is 6.61 Å². The number of aliphatic imine (C=N–C) groups is 1. The highest BCUT2D eigenvalue weighted by atomic mass is 127. The summed E-state index contributed by atoms with van der Waals surface area (Å²) < 4.78 is 42.9.